The second kappa shape index (κ2) is 5.41. The number of nitrogens with one attached hydrogen (secondary N) is 1. The number of hydrogen-bond acceptors (Lipinski definition) is 3. The number of sulfonamides is 1. The van der Waals surface area contributed by atoms with Crippen molar-refractivity contribution in [2.45, 2.75) is 32.6 Å². The molecule has 3 N–H and O–H groups in total. The van der Waals surface area contributed by atoms with Gasteiger partial charge in [0.25, 0.3) is 10.0 Å². The molecule has 112 valence electrons. The summed E-state index contributed by atoms with van der Waals surface area (Å²) in [6.45, 7) is 7.39. The number of aryl methyl sites for hydroxylation is 3. The third kappa shape index (κ3) is 3.03. The summed E-state index contributed by atoms with van der Waals surface area (Å²) in [7, 11) is -3.66. The Labute approximate surface area is 126 Å². The van der Waals surface area contributed by atoms with Crippen molar-refractivity contribution in [2.24, 2.45) is 0 Å². The Kier molecular flexibility index (Phi) is 3.96. The van der Waals surface area contributed by atoms with Crippen LogP contribution in [0, 0.1) is 27.7 Å². The molecule has 21 heavy (non-hydrogen) atoms. The molecule has 0 radical (unpaired) electrons. The fourth-order valence-corrected chi connectivity index (χ4v) is 3.85. The van der Waals surface area contributed by atoms with Gasteiger partial charge in [-0.3, -0.25) is 4.72 Å². The van der Waals surface area contributed by atoms with E-state index >= 15 is 0 Å². The van der Waals surface area contributed by atoms with Crippen LogP contribution in [0.3, 0.4) is 0 Å². The molecule has 0 heterocycles. The molecule has 0 unspecified atom stereocenters. The van der Waals surface area contributed by atoms with Crippen molar-refractivity contribution < 1.29 is 8.42 Å². The Balaban J connectivity index is 2.54. The Hall–Kier alpha value is -2.01. The second-order valence-corrected chi connectivity index (χ2v) is 6.98. The Morgan fingerprint density at radius 1 is 0.952 bits per heavy atom. The topological polar surface area (TPSA) is 72.2 Å². The Bertz CT molecular complexity index is 776. The van der Waals surface area contributed by atoms with Crippen LogP contribution in [0.5, 0.6) is 0 Å². The molecule has 0 aromatic heterocycles. The minimum Gasteiger partial charge on any atom is -0.399 e. The third-order valence-corrected chi connectivity index (χ3v) is 5.13. The van der Waals surface area contributed by atoms with Crippen molar-refractivity contribution >= 4 is 21.4 Å². The number of hydrogen-bond donors (Lipinski definition) is 2. The van der Waals surface area contributed by atoms with Gasteiger partial charge in [0, 0.05) is 5.69 Å². The van der Waals surface area contributed by atoms with Crippen molar-refractivity contribution in [2.75, 3.05) is 10.5 Å². The third-order valence-electron chi connectivity index (χ3n) is 3.65. The summed E-state index contributed by atoms with van der Waals surface area (Å²) in [5, 5.41) is 0. The minimum absolute atomic E-state index is 0.225. The van der Waals surface area contributed by atoms with E-state index in [1.807, 2.05) is 39.0 Å². The molecule has 5 heteroatoms. The first-order valence-electron chi connectivity index (χ1n) is 6.68. The molecule has 0 fully saturated rings. The summed E-state index contributed by atoms with van der Waals surface area (Å²) in [6.07, 6.45) is 0. The highest BCUT2D eigenvalue weighted by molar-refractivity contribution is 7.92. The van der Waals surface area contributed by atoms with E-state index in [1.165, 1.54) is 6.07 Å². The van der Waals surface area contributed by atoms with Gasteiger partial charge in [-0.05, 0) is 62.1 Å². The lowest BCUT2D eigenvalue weighted by atomic mass is 10.1. The first-order chi connectivity index (χ1) is 9.72. The molecule has 2 aromatic carbocycles. The maximum Gasteiger partial charge on any atom is 0.262 e. The van der Waals surface area contributed by atoms with Crippen LogP contribution >= 0.6 is 0 Å². The normalized spacial score (nSPS) is 11.4. The monoisotopic (exact) mass is 304 g/mol. The van der Waals surface area contributed by atoms with E-state index in [0.29, 0.717) is 16.9 Å². The molecule has 0 bridgehead atoms. The zero-order valence-corrected chi connectivity index (χ0v) is 13.5. The summed E-state index contributed by atoms with van der Waals surface area (Å²) in [5.74, 6) is 0. The van der Waals surface area contributed by atoms with Crippen LogP contribution in [0.4, 0.5) is 11.4 Å². The zero-order chi connectivity index (χ0) is 15.8. The van der Waals surface area contributed by atoms with E-state index in [-0.39, 0.29) is 4.90 Å². The van der Waals surface area contributed by atoms with Crippen molar-refractivity contribution in [3.63, 3.8) is 0 Å². The van der Waals surface area contributed by atoms with Crippen LogP contribution < -0.4 is 10.5 Å². The molecule has 0 atom stereocenters. The summed E-state index contributed by atoms with van der Waals surface area (Å²) in [6, 6.07) is 8.93. The highest BCUT2D eigenvalue weighted by Crippen LogP contribution is 2.27. The molecule has 0 spiro atoms. The largest absolute Gasteiger partial charge is 0.399 e. The average molecular weight is 304 g/mol. The van der Waals surface area contributed by atoms with Gasteiger partial charge in [0.2, 0.25) is 0 Å². The van der Waals surface area contributed by atoms with E-state index < -0.39 is 10.0 Å². The molecule has 0 aliphatic carbocycles. The van der Waals surface area contributed by atoms with Gasteiger partial charge in [-0.1, -0.05) is 18.2 Å². The lowest BCUT2D eigenvalue weighted by molar-refractivity contribution is 0.600. The minimum atomic E-state index is -3.66. The first-order valence-corrected chi connectivity index (χ1v) is 8.16. The van der Waals surface area contributed by atoms with Crippen LogP contribution in [0.2, 0.25) is 0 Å². The highest BCUT2D eigenvalue weighted by Gasteiger charge is 2.20. The number of nitrogens with two attached hydrogens (primary N) is 1. The molecule has 0 saturated carbocycles. The number of anilines is 2. The number of para-hydroxylation sites is 1. The molecule has 0 saturated heterocycles. The molecule has 2 rings (SSSR count). The average Bonchev–Trinajstić information content (AvgIpc) is 2.38. The van der Waals surface area contributed by atoms with E-state index in [0.717, 1.165) is 16.7 Å². The molecule has 4 nitrogen and oxygen atoms in total. The van der Waals surface area contributed by atoms with Crippen molar-refractivity contribution in [1.82, 2.24) is 0 Å². The molecule has 0 amide bonds. The van der Waals surface area contributed by atoms with Crippen molar-refractivity contribution in [1.29, 1.82) is 0 Å². The standard InChI is InChI=1S/C16H20N2O2S/c1-10-6-5-7-11(2)16(10)18-21(19,20)15-9-14(17)8-12(3)13(15)4/h5-9,18H,17H2,1-4H3. The summed E-state index contributed by atoms with van der Waals surface area (Å²) in [4.78, 5) is 0.225. The van der Waals surface area contributed by atoms with Crippen LogP contribution in [-0.2, 0) is 10.0 Å². The van der Waals surface area contributed by atoms with Gasteiger partial charge in [-0.15, -0.1) is 0 Å². The van der Waals surface area contributed by atoms with E-state index in [9.17, 15) is 8.42 Å². The number of rotatable bonds is 3. The zero-order valence-electron chi connectivity index (χ0n) is 12.7. The fraction of sp³-hybridized carbons (Fsp3) is 0.250. The number of benzene rings is 2. The first kappa shape index (κ1) is 15.4. The van der Waals surface area contributed by atoms with E-state index in [2.05, 4.69) is 4.72 Å². The Morgan fingerprint density at radius 3 is 2.10 bits per heavy atom. The van der Waals surface area contributed by atoms with Gasteiger partial charge < -0.3 is 5.73 Å². The maximum absolute atomic E-state index is 12.7. The van der Waals surface area contributed by atoms with Gasteiger partial charge in [0.05, 0.1) is 10.6 Å². The predicted octanol–water partition coefficient (Wildman–Crippen LogP) is 3.30. The lowest BCUT2D eigenvalue weighted by Gasteiger charge is -2.16. The van der Waals surface area contributed by atoms with Crippen LogP contribution in [0.15, 0.2) is 35.2 Å². The fourth-order valence-electron chi connectivity index (χ4n) is 2.30. The summed E-state index contributed by atoms with van der Waals surface area (Å²) < 4.78 is 28.0. The van der Waals surface area contributed by atoms with Gasteiger partial charge in [0.1, 0.15) is 0 Å². The van der Waals surface area contributed by atoms with Crippen LogP contribution in [0.1, 0.15) is 22.3 Å². The lowest BCUT2D eigenvalue weighted by Crippen LogP contribution is -2.16. The molecular weight excluding hydrogens is 284 g/mol. The SMILES string of the molecule is Cc1cc(N)cc(S(=O)(=O)Nc2c(C)cccc2C)c1C. The van der Waals surface area contributed by atoms with Gasteiger partial charge in [0.15, 0.2) is 0 Å². The molecule has 0 aliphatic heterocycles. The molecular formula is C16H20N2O2S. The Morgan fingerprint density at radius 2 is 1.52 bits per heavy atom. The van der Waals surface area contributed by atoms with E-state index in [4.69, 9.17) is 5.73 Å². The van der Waals surface area contributed by atoms with E-state index in [1.54, 1.807) is 13.0 Å². The van der Waals surface area contributed by atoms with Crippen LogP contribution in [0.25, 0.3) is 0 Å². The van der Waals surface area contributed by atoms with Crippen molar-refractivity contribution in [3.05, 3.63) is 52.6 Å². The maximum atomic E-state index is 12.7. The van der Waals surface area contributed by atoms with Gasteiger partial charge >= 0.3 is 0 Å². The van der Waals surface area contributed by atoms with Gasteiger partial charge in [-0.2, -0.15) is 0 Å². The predicted molar refractivity (Wildman–Crippen MR) is 87.1 cm³/mol. The second-order valence-electron chi connectivity index (χ2n) is 5.33. The van der Waals surface area contributed by atoms with Crippen LogP contribution in [-0.4, -0.2) is 8.42 Å². The van der Waals surface area contributed by atoms with Gasteiger partial charge in [-0.25, -0.2) is 8.42 Å². The smallest absolute Gasteiger partial charge is 0.262 e. The highest BCUT2D eigenvalue weighted by atomic mass is 32.2. The summed E-state index contributed by atoms with van der Waals surface area (Å²) in [5.41, 5.74) is 10.2. The molecule has 0 aliphatic rings. The quantitative estimate of drug-likeness (QED) is 0.855. The number of nitrogen functional groups attached to an aromatic ring is 1. The summed E-state index contributed by atoms with van der Waals surface area (Å²) >= 11 is 0. The van der Waals surface area contributed by atoms with Crippen molar-refractivity contribution in [3.8, 4) is 0 Å². The molecule has 2 aromatic rings.